The minimum absolute atomic E-state index is 0.105. The Balaban J connectivity index is 2.37. The molecule has 0 aromatic heterocycles. The second kappa shape index (κ2) is 5.11. The molecule has 0 aliphatic carbocycles. The lowest BCUT2D eigenvalue weighted by atomic mass is 9.86. The van der Waals surface area contributed by atoms with Gasteiger partial charge in [-0.25, -0.2) is 4.39 Å². The Kier molecular flexibility index (Phi) is 4.36. The molecule has 0 spiro atoms. The van der Waals surface area contributed by atoms with Crippen molar-refractivity contribution in [2.75, 3.05) is 6.54 Å². The van der Waals surface area contributed by atoms with Crippen molar-refractivity contribution in [3.8, 4) is 0 Å². The van der Waals surface area contributed by atoms with Crippen molar-refractivity contribution in [2.24, 2.45) is 5.41 Å². The lowest BCUT2D eigenvalue weighted by Gasteiger charge is -2.26. The molecule has 14 heavy (non-hydrogen) atoms. The van der Waals surface area contributed by atoms with Crippen molar-refractivity contribution in [1.82, 2.24) is 5.32 Å². The number of rotatable bonds is 2. The molecule has 1 fully saturated rings. The fourth-order valence-electron chi connectivity index (χ4n) is 2.09. The zero-order chi connectivity index (χ0) is 10.6. The number of alkyl halides is 1. The van der Waals surface area contributed by atoms with Crippen molar-refractivity contribution in [1.29, 1.82) is 0 Å². The van der Waals surface area contributed by atoms with Crippen LogP contribution >= 0.6 is 0 Å². The summed E-state index contributed by atoms with van der Waals surface area (Å²) in [7, 11) is 0. The molecule has 0 aromatic carbocycles. The molecule has 2 atom stereocenters. The molecule has 0 amide bonds. The zero-order valence-electron chi connectivity index (χ0n) is 9.78. The van der Waals surface area contributed by atoms with Gasteiger partial charge < -0.3 is 5.32 Å². The van der Waals surface area contributed by atoms with Crippen LogP contribution in [0.25, 0.3) is 0 Å². The molecular weight excluding hydrogens is 177 g/mol. The normalized spacial score (nSPS) is 27.0. The van der Waals surface area contributed by atoms with Crippen LogP contribution in [0.4, 0.5) is 4.39 Å². The molecule has 0 radical (unpaired) electrons. The smallest absolute Gasteiger partial charge is 0.116 e. The summed E-state index contributed by atoms with van der Waals surface area (Å²) >= 11 is 0. The largest absolute Gasteiger partial charge is 0.311 e. The predicted octanol–water partition coefficient (Wildman–Crippen LogP) is 3.29. The highest BCUT2D eigenvalue weighted by Gasteiger charge is 2.26. The Morgan fingerprint density at radius 1 is 1.29 bits per heavy atom. The highest BCUT2D eigenvalue weighted by molar-refractivity contribution is 4.81. The van der Waals surface area contributed by atoms with Crippen molar-refractivity contribution < 1.29 is 4.39 Å². The Hall–Kier alpha value is -0.110. The number of nitrogens with one attached hydrogen (secondary N) is 1. The Morgan fingerprint density at radius 2 is 2.00 bits per heavy atom. The lowest BCUT2D eigenvalue weighted by Crippen LogP contribution is -2.38. The number of hydrogen-bond donors (Lipinski definition) is 1. The van der Waals surface area contributed by atoms with E-state index in [2.05, 4.69) is 26.1 Å². The molecule has 0 saturated carbocycles. The summed E-state index contributed by atoms with van der Waals surface area (Å²) in [5.74, 6) is 0. The van der Waals surface area contributed by atoms with E-state index >= 15 is 0 Å². The van der Waals surface area contributed by atoms with E-state index in [0.29, 0.717) is 6.42 Å². The highest BCUT2D eigenvalue weighted by Crippen LogP contribution is 2.26. The van der Waals surface area contributed by atoms with E-state index in [1.807, 2.05) is 0 Å². The van der Waals surface area contributed by atoms with Gasteiger partial charge in [0.25, 0.3) is 0 Å². The average molecular weight is 201 g/mol. The molecule has 1 N–H and O–H groups in total. The monoisotopic (exact) mass is 201 g/mol. The number of halogens is 1. The summed E-state index contributed by atoms with van der Waals surface area (Å²) in [4.78, 5) is 0. The fraction of sp³-hybridized carbons (Fsp3) is 1.00. The summed E-state index contributed by atoms with van der Waals surface area (Å²) < 4.78 is 13.9. The Morgan fingerprint density at radius 3 is 2.64 bits per heavy atom. The molecule has 1 aliphatic rings. The maximum Gasteiger partial charge on any atom is 0.116 e. The maximum absolute atomic E-state index is 13.9. The van der Waals surface area contributed by atoms with Crippen molar-refractivity contribution in [3.63, 3.8) is 0 Å². The van der Waals surface area contributed by atoms with Crippen molar-refractivity contribution in [2.45, 2.75) is 65.1 Å². The quantitative estimate of drug-likeness (QED) is 0.723. The highest BCUT2D eigenvalue weighted by atomic mass is 19.1. The first-order chi connectivity index (χ1) is 6.49. The molecule has 0 aromatic rings. The third kappa shape index (κ3) is 4.41. The van der Waals surface area contributed by atoms with Gasteiger partial charge in [0.2, 0.25) is 0 Å². The summed E-state index contributed by atoms with van der Waals surface area (Å²) in [6.45, 7) is 7.32. The third-order valence-corrected chi connectivity index (χ3v) is 2.84. The van der Waals surface area contributed by atoms with Gasteiger partial charge in [-0.15, -0.1) is 0 Å². The van der Waals surface area contributed by atoms with Gasteiger partial charge in [0, 0.05) is 6.04 Å². The van der Waals surface area contributed by atoms with Gasteiger partial charge >= 0.3 is 0 Å². The number of hydrogen-bond acceptors (Lipinski definition) is 1. The van der Waals surface area contributed by atoms with Crippen LogP contribution in [-0.4, -0.2) is 18.8 Å². The average Bonchev–Trinajstić information content (AvgIpc) is 2.27. The molecule has 1 saturated heterocycles. The topological polar surface area (TPSA) is 12.0 Å². The van der Waals surface area contributed by atoms with E-state index in [1.165, 1.54) is 19.3 Å². The first-order valence-corrected chi connectivity index (χ1v) is 5.86. The van der Waals surface area contributed by atoms with E-state index in [1.54, 1.807) is 0 Å². The van der Waals surface area contributed by atoms with Gasteiger partial charge in [-0.2, -0.15) is 0 Å². The molecule has 84 valence electrons. The SMILES string of the molecule is CC(C)(C)CC(F)C1CCCCCN1. The molecule has 0 bridgehead atoms. The minimum atomic E-state index is -0.673. The summed E-state index contributed by atoms with van der Waals surface area (Å²) in [6, 6.07) is 0.108. The summed E-state index contributed by atoms with van der Waals surface area (Å²) in [5, 5.41) is 3.33. The lowest BCUT2D eigenvalue weighted by molar-refractivity contribution is 0.173. The molecular formula is C12H24FN. The van der Waals surface area contributed by atoms with E-state index < -0.39 is 6.17 Å². The van der Waals surface area contributed by atoms with E-state index in [0.717, 1.165) is 13.0 Å². The van der Waals surface area contributed by atoms with Crippen LogP contribution in [0.1, 0.15) is 52.9 Å². The molecule has 2 unspecified atom stereocenters. The van der Waals surface area contributed by atoms with Crippen LogP contribution < -0.4 is 5.32 Å². The van der Waals surface area contributed by atoms with Crippen molar-refractivity contribution >= 4 is 0 Å². The van der Waals surface area contributed by atoms with Gasteiger partial charge in [0.15, 0.2) is 0 Å². The Bertz CT molecular complexity index is 154. The second-order valence-electron chi connectivity index (χ2n) is 5.69. The second-order valence-corrected chi connectivity index (χ2v) is 5.69. The van der Waals surface area contributed by atoms with E-state index in [9.17, 15) is 4.39 Å². The summed E-state index contributed by atoms with van der Waals surface area (Å²) in [5.41, 5.74) is 0.105. The van der Waals surface area contributed by atoms with Crippen molar-refractivity contribution in [3.05, 3.63) is 0 Å². The molecule has 1 aliphatic heterocycles. The van der Waals surface area contributed by atoms with Gasteiger partial charge in [-0.05, 0) is 31.2 Å². The van der Waals surface area contributed by atoms with Gasteiger partial charge in [-0.3, -0.25) is 0 Å². The first kappa shape index (κ1) is 12.0. The van der Waals surface area contributed by atoms with Crippen LogP contribution in [0.2, 0.25) is 0 Å². The van der Waals surface area contributed by atoms with Gasteiger partial charge in [0.1, 0.15) is 6.17 Å². The fourth-order valence-corrected chi connectivity index (χ4v) is 2.09. The predicted molar refractivity (Wildman–Crippen MR) is 59.2 cm³/mol. The third-order valence-electron chi connectivity index (χ3n) is 2.84. The summed E-state index contributed by atoms with van der Waals surface area (Å²) in [6.07, 6.45) is 4.65. The Labute approximate surface area is 87.5 Å². The minimum Gasteiger partial charge on any atom is -0.311 e. The zero-order valence-corrected chi connectivity index (χ0v) is 9.78. The molecule has 1 nitrogen and oxygen atoms in total. The maximum atomic E-state index is 13.9. The van der Waals surface area contributed by atoms with Gasteiger partial charge in [0.05, 0.1) is 0 Å². The van der Waals surface area contributed by atoms with E-state index in [4.69, 9.17) is 0 Å². The van der Waals surface area contributed by atoms with Crippen LogP contribution in [0, 0.1) is 5.41 Å². The molecule has 2 heteroatoms. The van der Waals surface area contributed by atoms with Gasteiger partial charge in [-0.1, -0.05) is 33.6 Å². The van der Waals surface area contributed by atoms with Crippen LogP contribution in [0.3, 0.4) is 0 Å². The first-order valence-electron chi connectivity index (χ1n) is 5.86. The van der Waals surface area contributed by atoms with Crippen LogP contribution in [0.5, 0.6) is 0 Å². The van der Waals surface area contributed by atoms with E-state index in [-0.39, 0.29) is 11.5 Å². The molecule has 1 rings (SSSR count). The van der Waals surface area contributed by atoms with Crippen LogP contribution in [-0.2, 0) is 0 Å². The molecule has 1 heterocycles. The van der Waals surface area contributed by atoms with Crippen LogP contribution in [0.15, 0.2) is 0 Å². The standard InChI is InChI=1S/C12H24FN/c1-12(2,3)9-10(13)11-7-5-4-6-8-14-11/h10-11,14H,4-9H2,1-3H3.